The van der Waals surface area contributed by atoms with E-state index in [9.17, 15) is 0 Å². The second kappa shape index (κ2) is 19.4. The number of aromatic nitrogens is 2. The van der Waals surface area contributed by atoms with Crippen molar-refractivity contribution in [1.82, 2.24) is 9.55 Å². The minimum Gasteiger partial charge on any atom is -0.457 e. The van der Waals surface area contributed by atoms with Crippen LogP contribution >= 0.6 is 0 Å². The Hall–Kier alpha value is -7.37. The van der Waals surface area contributed by atoms with Crippen molar-refractivity contribution < 1.29 is 4.74 Å². The van der Waals surface area contributed by atoms with Gasteiger partial charge in [0.05, 0.1) is 17.7 Å². The third-order valence-electron chi connectivity index (χ3n) is 16.0. The molecule has 10 rings (SSSR count). The summed E-state index contributed by atoms with van der Waals surface area (Å²) in [6.45, 7) is 33.0. The summed E-state index contributed by atoms with van der Waals surface area (Å²) in [6, 6.07) is 60.4. The zero-order chi connectivity index (χ0) is 53.2. The van der Waals surface area contributed by atoms with E-state index in [1.807, 2.05) is 6.20 Å². The first-order valence-electron chi connectivity index (χ1n) is 27.1. The summed E-state index contributed by atoms with van der Waals surface area (Å²) < 4.78 is 9.56. The standard InChI is InChI=1S/C70H76N4O/c1-46(2)59-26-21-27-60(47(3)4)66(59)48-36-55(72-34-35-73(45-72)56-39-53(67(5,6)7)38-54(40-56)68(8,9)10)43-58(37-48)75-57-29-30-61-62-41-51(69(11,12)49-22-17-15-18-23-49)28-31-63(62)74(64(61)44-57)65-42-52(32-33-71-65)70(13,14)50-24-19-16-20-25-50/h15-44,46-47H,45H2,1-14H3. The number of fused-ring (bicyclic) bond motifs is 3. The van der Waals surface area contributed by atoms with Crippen molar-refractivity contribution in [2.45, 2.75) is 130 Å². The Bertz CT molecular complexity index is 3520. The number of hydrogen-bond acceptors (Lipinski definition) is 4. The average Bonchev–Trinajstić information content (AvgIpc) is 4.02. The summed E-state index contributed by atoms with van der Waals surface area (Å²) in [7, 11) is 0. The molecule has 0 amide bonds. The molecule has 9 aromatic rings. The van der Waals surface area contributed by atoms with Gasteiger partial charge in [0.15, 0.2) is 0 Å². The Morgan fingerprint density at radius 2 is 1.00 bits per heavy atom. The monoisotopic (exact) mass is 989 g/mol. The van der Waals surface area contributed by atoms with Gasteiger partial charge in [0, 0.05) is 63.7 Å². The summed E-state index contributed by atoms with van der Waals surface area (Å²) >= 11 is 0. The van der Waals surface area contributed by atoms with Crippen LogP contribution in [0.5, 0.6) is 11.5 Å². The van der Waals surface area contributed by atoms with Crippen LogP contribution in [-0.2, 0) is 21.7 Å². The molecule has 5 heteroatoms. The fourth-order valence-corrected chi connectivity index (χ4v) is 11.0. The zero-order valence-electron chi connectivity index (χ0n) is 46.9. The molecule has 5 nitrogen and oxygen atoms in total. The van der Waals surface area contributed by atoms with Gasteiger partial charge in [0.2, 0.25) is 0 Å². The second-order valence-corrected chi connectivity index (χ2v) is 24.7. The van der Waals surface area contributed by atoms with Crippen LogP contribution in [0.3, 0.4) is 0 Å². The van der Waals surface area contributed by atoms with Crippen LogP contribution in [0.2, 0.25) is 0 Å². The van der Waals surface area contributed by atoms with Crippen molar-refractivity contribution in [3.63, 3.8) is 0 Å². The molecule has 7 aromatic carbocycles. The molecule has 0 atom stereocenters. The first-order valence-corrected chi connectivity index (χ1v) is 27.1. The maximum Gasteiger partial charge on any atom is 0.137 e. The SMILES string of the molecule is CC(C)c1cccc(C(C)C)c1-c1cc(Oc2ccc3c4cc(C(C)(C)c5ccccc5)ccc4n(-c4cc(C(C)(C)c5ccccc5)ccn4)c3c2)cc(N2C=CN(c3cc(C(C)(C)C)cc(C(C)(C)C)c3)C2)c1. The predicted molar refractivity (Wildman–Crippen MR) is 319 cm³/mol. The molecule has 0 aliphatic carbocycles. The third kappa shape index (κ3) is 9.90. The van der Waals surface area contributed by atoms with E-state index in [1.54, 1.807) is 0 Å². The molecule has 0 bridgehead atoms. The van der Waals surface area contributed by atoms with E-state index >= 15 is 0 Å². The van der Waals surface area contributed by atoms with Crippen molar-refractivity contribution in [3.05, 3.63) is 227 Å². The molecule has 0 saturated heterocycles. The van der Waals surface area contributed by atoms with Crippen molar-refractivity contribution in [2.75, 3.05) is 16.5 Å². The lowest BCUT2D eigenvalue weighted by molar-refractivity contribution is 0.483. The Labute approximate surface area is 447 Å². The maximum absolute atomic E-state index is 7.23. The normalized spacial score (nSPS) is 13.5. The lowest BCUT2D eigenvalue weighted by Crippen LogP contribution is -2.26. The number of ether oxygens (including phenoxy) is 1. The fraction of sp³-hybridized carbons (Fsp3) is 0.300. The summed E-state index contributed by atoms with van der Waals surface area (Å²) in [5.41, 5.74) is 16.7. The molecule has 0 saturated carbocycles. The maximum atomic E-state index is 7.23. The van der Waals surface area contributed by atoms with Crippen molar-refractivity contribution in [1.29, 1.82) is 0 Å². The molecule has 75 heavy (non-hydrogen) atoms. The topological polar surface area (TPSA) is 33.5 Å². The van der Waals surface area contributed by atoms with E-state index in [1.165, 1.54) is 61.1 Å². The van der Waals surface area contributed by atoms with Gasteiger partial charge >= 0.3 is 0 Å². The van der Waals surface area contributed by atoms with Crippen molar-refractivity contribution >= 4 is 33.2 Å². The van der Waals surface area contributed by atoms with Gasteiger partial charge in [-0.05, 0) is 139 Å². The van der Waals surface area contributed by atoms with Crippen LogP contribution in [0.1, 0.15) is 153 Å². The second-order valence-electron chi connectivity index (χ2n) is 24.7. The Kier molecular flexibility index (Phi) is 13.2. The largest absolute Gasteiger partial charge is 0.457 e. The summed E-state index contributed by atoms with van der Waals surface area (Å²) in [5, 5.41) is 2.32. The number of benzene rings is 7. The molecule has 0 spiro atoms. The van der Waals surface area contributed by atoms with Crippen LogP contribution in [-0.4, -0.2) is 16.2 Å². The summed E-state index contributed by atoms with van der Waals surface area (Å²) in [5.74, 6) is 3.07. The predicted octanol–water partition coefficient (Wildman–Crippen LogP) is 18.9. The number of anilines is 2. The van der Waals surface area contributed by atoms with E-state index in [-0.39, 0.29) is 21.7 Å². The summed E-state index contributed by atoms with van der Waals surface area (Å²) in [4.78, 5) is 9.87. The van der Waals surface area contributed by atoms with Crippen LogP contribution in [0, 0.1) is 0 Å². The smallest absolute Gasteiger partial charge is 0.137 e. The van der Waals surface area contributed by atoms with Crippen LogP contribution in [0.25, 0.3) is 38.8 Å². The van der Waals surface area contributed by atoms with Gasteiger partial charge in [-0.15, -0.1) is 0 Å². The van der Waals surface area contributed by atoms with E-state index in [0.29, 0.717) is 18.5 Å². The van der Waals surface area contributed by atoms with Gasteiger partial charge in [-0.2, -0.15) is 0 Å². The average molecular weight is 989 g/mol. The molecule has 0 unspecified atom stereocenters. The number of pyridine rings is 1. The first-order chi connectivity index (χ1) is 35.6. The Balaban J connectivity index is 1.12. The van der Waals surface area contributed by atoms with Gasteiger partial charge in [0.1, 0.15) is 17.3 Å². The molecular weight excluding hydrogens is 913 g/mol. The quantitative estimate of drug-likeness (QED) is 0.122. The van der Waals surface area contributed by atoms with Gasteiger partial charge < -0.3 is 14.5 Å². The van der Waals surface area contributed by atoms with Gasteiger partial charge in [-0.3, -0.25) is 4.57 Å². The van der Waals surface area contributed by atoms with E-state index in [4.69, 9.17) is 9.72 Å². The van der Waals surface area contributed by atoms with Crippen molar-refractivity contribution in [2.24, 2.45) is 0 Å². The van der Waals surface area contributed by atoms with Crippen LogP contribution < -0.4 is 14.5 Å². The number of hydrogen-bond donors (Lipinski definition) is 0. The highest BCUT2D eigenvalue weighted by Gasteiger charge is 2.29. The fourth-order valence-electron chi connectivity index (χ4n) is 11.0. The van der Waals surface area contributed by atoms with Crippen LogP contribution in [0.4, 0.5) is 11.4 Å². The molecular formula is C70H76N4O. The van der Waals surface area contributed by atoms with Gasteiger partial charge in [0.25, 0.3) is 0 Å². The molecule has 2 aromatic heterocycles. The molecule has 1 aliphatic heterocycles. The molecule has 1 aliphatic rings. The highest BCUT2D eigenvalue weighted by Crippen LogP contribution is 2.44. The Morgan fingerprint density at radius 3 is 1.56 bits per heavy atom. The van der Waals surface area contributed by atoms with Crippen LogP contribution in [0.15, 0.2) is 182 Å². The van der Waals surface area contributed by atoms with E-state index < -0.39 is 0 Å². The third-order valence-corrected chi connectivity index (χ3v) is 16.0. The van der Waals surface area contributed by atoms with Gasteiger partial charge in [-0.25, -0.2) is 4.98 Å². The Morgan fingerprint density at radius 1 is 0.440 bits per heavy atom. The number of nitrogens with zero attached hydrogens (tertiary/aromatic N) is 4. The minimum absolute atomic E-state index is 0.0110. The highest BCUT2D eigenvalue weighted by atomic mass is 16.5. The van der Waals surface area contributed by atoms with Crippen molar-refractivity contribution in [3.8, 4) is 28.4 Å². The highest BCUT2D eigenvalue weighted by molar-refractivity contribution is 6.10. The van der Waals surface area contributed by atoms with E-state index in [0.717, 1.165) is 45.0 Å². The van der Waals surface area contributed by atoms with E-state index in [2.05, 4.69) is 287 Å². The van der Waals surface area contributed by atoms with Gasteiger partial charge in [-0.1, -0.05) is 188 Å². The summed E-state index contributed by atoms with van der Waals surface area (Å²) in [6.07, 6.45) is 6.41. The molecule has 382 valence electrons. The minimum atomic E-state index is -0.251. The first kappa shape index (κ1) is 51.1. The lowest BCUT2D eigenvalue weighted by Gasteiger charge is -2.29. The molecule has 0 fully saturated rings. The number of rotatable bonds is 12. The molecule has 0 N–H and O–H groups in total. The molecule has 3 heterocycles. The molecule has 0 radical (unpaired) electrons. The lowest BCUT2D eigenvalue weighted by atomic mass is 9.78. The zero-order valence-corrected chi connectivity index (χ0v) is 46.9.